The molecule has 1 N–H and O–H groups in total. The van der Waals surface area contributed by atoms with E-state index in [1.165, 1.54) is 0 Å². The van der Waals surface area contributed by atoms with Gasteiger partial charge < -0.3 is 14.6 Å². The van der Waals surface area contributed by atoms with Gasteiger partial charge in [-0.1, -0.05) is 11.6 Å². The second kappa shape index (κ2) is 7.33. The van der Waals surface area contributed by atoms with Crippen LogP contribution in [0.5, 0.6) is 0 Å². The zero-order valence-electron chi connectivity index (χ0n) is 13.2. The highest BCUT2D eigenvalue weighted by Crippen LogP contribution is 2.19. The van der Waals surface area contributed by atoms with E-state index in [1.807, 2.05) is 13.0 Å². The van der Waals surface area contributed by atoms with Gasteiger partial charge in [0.15, 0.2) is 0 Å². The largest absolute Gasteiger partial charge is 0.467 e. The summed E-state index contributed by atoms with van der Waals surface area (Å²) in [7, 11) is 1.68. The Morgan fingerprint density at radius 2 is 1.83 bits per heavy atom. The number of amides is 2. The van der Waals surface area contributed by atoms with Crippen molar-refractivity contribution in [1.29, 1.82) is 0 Å². The smallest absolute Gasteiger partial charge is 0.251 e. The Balaban J connectivity index is 1.99. The maximum Gasteiger partial charge on any atom is 0.251 e. The van der Waals surface area contributed by atoms with Crippen LogP contribution in [0.25, 0.3) is 0 Å². The summed E-state index contributed by atoms with van der Waals surface area (Å²) in [5.74, 6) is 0.176. The molecule has 2 aromatic rings. The van der Waals surface area contributed by atoms with Crippen LogP contribution >= 0.6 is 11.6 Å². The Morgan fingerprint density at radius 3 is 2.39 bits per heavy atom. The van der Waals surface area contributed by atoms with Gasteiger partial charge in [0.05, 0.1) is 12.3 Å². The summed E-state index contributed by atoms with van der Waals surface area (Å²) in [5, 5.41) is 3.25. The molecule has 122 valence electrons. The highest BCUT2D eigenvalue weighted by molar-refractivity contribution is 6.30. The summed E-state index contributed by atoms with van der Waals surface area (Å²) in [6.07, 6.45) is 1.57. The van der Waals surface area contributed by atoms with Gasteiger partial charge >= 0.3 is 0 Å². The molecule has 0 fully saturated rings. The molecule has 6 heteroatoms. The predicted molar refractivity (Wildman–Crippen MR) is 88.3 cm³/mol. The number of hydrogen-bond donors (Lipinski definition) is 1. The van der Waals surface area contributed by atoms with Gasteiger partial charge in [0.2, 0.25) is 5.91 Å². The first kappa shape index (κ1) is 17.1. The lowest BCUT2D eigenvalue weighted by molar-refractivity contribution is -0.133. The molecule has 0 bridgehead atoms. The number of benzene rings is 1. The van der Waals surface area contributed by atoms with Crippen LogP contribution in [0.3, 0.4) is 0 Å². The van der Waals surface area contributed by atoms with E-state index in [0.717, 1.165) is 0 Å². The molecule has 0 radical (unpaired) electrons. The van der Waals surface area contributed by atoms with Crippen LogP contribution in [0.4, 0.5) is 0 Å². The van der Waals surface area contributed by atoms with Crippen LogP contribution in [-0.4, -0.2) is 29.8 Å². The first-order chi connectivity index (χ1) is 10.9. The average molecular weight is 335 g/mol. The van der Waals surface area contributed by atoms with Crippen LogP contribution in [0.2, 0.25) is 5.02 Å². The minimum absolute atomic E-state index is 0.198. The van der Waals surface area contributed by atoms with E-state index in [0.29, 0.717) is 16.3 Å². The van der Waals surface area contributed by atoms with Crippen molar-refractivity contribution in [3.63, 3.8) is 0 Å². The molecule has 1 heterocycles. The Morgan fingerprint density at radius 1 is 1.17 bits per heavy atom. The monoisotopic (exact) mass is 334 g/mol. The van der Waals surface area contributed by atoms with Gasteiger partial charge in [0, 0.05) is 17.6 Å². The molecule has 2 rings (SSSR count). The standard InChI is InChI=1S/C17H19ClN2O3/c1-11(19-16(21)13-6-8-14(18)9-7-13)17(22)20(3)12(2)15-5-4-10-23-15/h4-12H,1-3H3,(H,19,21)/t11-,12-/m1/s1. The number of carbonyl (C=O) groups is 2. The van der Waals surface area contributed by atoms with Crippen LogP contribution in [-0.2, 0) is 4.79 Å². The minimum atomic E-state index is -0.652. The fourth-order valence-electron chi connectivity index (χ4n) is 2.16. The third-order valence-corrected chi connectivity index (χ3v) is 3.96. The van der Waals surface area contributed by atoms with Crippen molar-refractivity contribution in [1.82, 2.24) is 10.2 Å². The second-order valence-electron chi connectivity index (χ2n) is 5.34. The Labute approximate surface area is 140 Å². The zero-order valence-corrected chi connectivity index (χ0v) is 14.0. The van der Waals surface area contributed by atoms with Crippen molar-refractivity contribution < 1.29 is 14.0 Å². The van der Waals surface area contributed by atoms with Crippen molar-refractivity contribution in [2.45, 2.75) is 25.9 Å². The lowest BCUT2D eigenvalue weighted by atomic mass is 10.1. The van der Waals surface area contributed by atoms with Gasteiger partial charge in [-0.3, -0.25) is 9.59 Å². The minimum Gasteiger partial charge on any atom is -0.467 e. The SMILES string of the molecule is C[C@H](c1ccco1)N(C)C(=O)[C@@H](C)NC(=O)c1ccc(Cl)cc1. The first-order valence-corrected chi connectivity index (χ1v) is 7.64. The number of halogens is 1. The van der Waals surface area contributed by atoms with Gasteiger partial charge in [-0.2, -0.15) is 0 Å². The fourth-order valence-corrected chi connectivity index (χ4v) is 2.29. The molecule has 0 aliphatic rings. The van der Waals surface area contributed by atoms with Crippen LogP contribution in [0, 0.1) is 0 Å². The number of likely N-dealkylation sites (N-methyl/N-ethyl adjacent to an activating group) is 1. The van der Waals surface area contributed by atoms with Gasteiger partial charge in [0.1, 0.15) is 11.8 Å². The Hall–Kier alpha value is -2.27. The highest BCUT2D eigenvalue weighted by atomic mass is 35.5. The summed E-state index contributed by atoms with van der Waals surface area (Å²) in [4.78, 5) is 26.1. The summed E-state index contributed by atoms with van der Waals surface area (Å²) < 4.78 is 5.31. The quantitative estimate of drug-likeness (QED) is 0.912. The Bertz CT molecular complexity index is 668. The van der Waals surface area contributed by atoms with E-state index in [4.69, 9.17) is 16.0 Å². The van der Waals surface area contributed by atoms with E-state index in [1.54, 1.807) is 55.5 Å². The number of hydrogen-bond acceptors (Lipinski definition) is 3. The van der Waals surface area contributed by atoms with Gasteiger partial charge in [0.25, 0.3) is 5.91 Å². The lowest BCUT2D eigenvalue weighted by Gasteiger charge is -2.26. The van der Waals surface area contributed by atoms with Gasteiger partial charge in [-0.05, 0) is 50.2 Å². The van der Waals surface area contributed by atoms with Gasteiger partial charge in [-0.25, -0.2) is 0 Å². The molecule has 0 spiro atoms. The van der Waals surface area contributed by atoms with Crippen LogP contribution < -0.4 is 5.32 Å². The van der Waals surface area contributed by atoms with Crippen molar-refractivity contribution in [2.75, 3.05) is 7.05 Å². The molecular formula is C17H19ClN2O3. The van der Waals surface area contributed by atoms with Crippen molar-refractivity contribution in [2.24, 2.45) is 0 Å². The van der Waals surface area contributed by atoms with Gasteiger partial charge in [-0.15, -0.1) is 0 Å². The van der Waals surface area contributed by atoms with E-state index in [9.17, 15) is 9.59 Å². The zero-order chi connectivity index (χ0) is 17.0. The summed E-state index contributed by atoms with van der Waals surface area (Å²) >= 11 is 5.80. The molecular weight excluding hydrogens is 316 g/mol. The molecule has 2 amide bonds. The summed E-state index contributed by atoms with van der Waals surface area (Å²) in [6.45, 7) is 3.52. The molecule has 0 saturated heterocycles. The average Bonchev–Trinajstić information content (AvgIpc) is 3.07. The number of nitrogens with zero attached hydrogens (tertiary/aromatic N) is 1. The van der Waals surface area contributed by atoms with Crippen LogP contribution in [0.15, 0.2) is 47.1 Å². The molecule has 1 aromatic heterocycles. The second-order valence-corrected chi connectivity index (χ2v) is 5.78. The van der Waals surface area contributed by atoms with Crippen molar-refractivity contribution >= 4 is 23.4 Å². The van der Waals surface area contributed by atoms with E-state index >= 15 is 0 Å². The third-order valence-electron chi connectivity index (χ3n) is 3.71. The predicted octanol–water partition coefficient (Wildman–Crippen LogP) is 3.27. The number of carbonyl (C=O) groups excluding carboxylic acids is 2. The number of furan rings is 1. The molecule has 0 unspecified atom stereocenters. The highest BCUT2D eigenvalue weighted by Gasteiger charge is 2.25. The molecule has 5 nitrogen and oxygen atoms in total. The molecule has 2 atom stereocenters. The maximum absolute atomic E-state index is 12.4. The number of rotatable bonds is 5. The number of nitrogens with one attached hydrogen (secondary N) is 1. The molecule has 23 heavy (non-hydrogen) atoms. The molecule has 0 aliphatic heterocycles. The van der Waals surface area contributed by atoms with E-state index in [2.05, 4.69) is 5.32 Å². The molecule has 0 aliphatic carbocycles. The lowest BCUT2D eigenvalue weighted by Crippen LogP contribution is -2.46. The van der Waals surface area contributed by atoms with E-state index < -0.39 is 6.04 Å². The first-order valence-electron chi connectivity index (χ1n) is 7.26. The molecule has 0 saturated carbocycles. The summed E-state index contributed by atoms with van der Waals surface area (Å²) in [6, 6.07) is 9.21. The van der Waals surface area contributed by atoms with E-state index in [-0.39, 0.29) is 17.9 Å². The third kappa shape index (κ3) is 4.13. The molecule has 1 aromatic carbocycles. The maximum atomic E-state index is 12.4. The van der Waals surface area contributed by atoms with Crippen LogP contribution in [0.1, 0.15) is 36.0 Å². The topological polar surface area (TPSA) is 62.6 Å². The normalized spacial score (nSPS) is 13.2. The van der Waals surface area contributed by atoms with Crippen molar-refractivity contribution in [3.05, 3.63) is 59.0 Å². The van der Waals surface area contributed by atoms with Crippen molar-refractivity contribution in [3.8, 4) is 0 Å². The Kier molecular flexibility index (Phi) is 5.45. The fraction of sp³-hybridized carbons (Fsp3) is 0.294. The summed E-state index contributed by atoms with van der Waals surface area (Å²) in [5.41, 5.74) is 0.454.